The van der Waals surface area contributed by atoms with Crippen LogP contribution in [0.2, 0.25) is 0 Å². The van der Waals surface area contributed by atoms with Gasteiger partial charge in [0.05, 0.1) is 11.6 Å². The Morgan fingerprint density at radius 1 is 1.32 bits per heavy atom. The Kier molecular flexibility index (Phi) is 4.59. The molecule has 0 aliphatic carbocycles. The van der Waals surface area contributed by atoms with Crippen molar-refractivity contribution in [1.82, 2.24) is 4.90 Å². The average molecular weight is 306 g/mol. The molecule has 0 radical (unpaired) electrons. The SMILES string of the molecule is CC(C)(C)OC(=O)N1CCC(C(=O)Nc2ccccc2O)C1. The molecule has 6 nitrogen and oxygen atoms in total. The number of likely N-dealkylation sites (tertiary alicyclic amines) is 1. The van der Waals surface area contributed by atoms with Gasteiger partial charge >= 0.3 is 6.09 Å². The molecule has 1 saturated heterocycles. The molecule has 0 spiro atoms. The summed E-state index contributed by atoms with van der Waals surface area (Å²) in [5.74, 6) is -0.475. The highest BCUT2D eigenvalue weighted by molar-refractivity contribution is 5.94. The van der Waals surface area contributed by atoms with Gasteiger partial charge in [0.25, 0.3) is 0 Å². The molecule has 2 rings (SSSR count). The van der Waals surface area contributed by atoms with Crippen molar-refractivity contribution in [1.29, 1.82) is 0 Å². The number of carbonyl (C=O) groups excluding carboxylic acids is 2. The first kappa shape index (κ1) is 16.1. The van der Waals surface area contributed by atoms with Crippen molar-refractivity contribution < 1.29 is 19.4 Å². The van der Waals surface area contributed by atoms with Crippen molar-refractivity contribution >= 4 is 17.7 Å². The van der Waals surface area contributed by atoms with Crippen LogP contribution in [0.4, 0.5) is 10.5 Å². The maximum Gasteiger partial charge on any atom is 0.410 e. The van der Waals surface area contributed by atoms with E-state index in [0.717, 1.165) is 0 Å². The fraction of sp³-hybridized carbons (Fsp3) is 0.500. The first-order valence-corrected chi connectivity index (χ1v) is 7.33. The first-order valence-electron chi connectivity index (χ1n) is 7.33. The average Bonchev–Trinajstić information content (AvgIpc) is 2.89. The minimum absolute atomic E-state index is 0.0258. The topological polar surface area (TPSA) is 78.9 Å². The molecule has 1 fully saturated rings. The van der Waals surface area contributed by atoms with E-state index >= 15 is 0 Å². The number of aromatic hydroxyl groups is 1. The molecule has 2 amide bonds. The van der Waals surface area contributed by atoms with Crippen LogP contribution in [-0.2, 0) is 9.53 Å². The number of nitrogens with zero attached hydrogens (tertiary/aromatic N) is 1. The summed E-state index contributed by atoms with van der Waals surface area (Å²) < 4.78 is 5.30. The van der Waals surface area contributed by atoms with Crippen molar-refractivity contribution in [3.63, 3.8) is 0 Å². The van der Waals surface area contributed by atoms with Gasteiger partial charge in [-0.1, -0.05) is 12.1 Å². The fourth-order valence-corrected chi connectivity index (χ4v) is 2.28. The summed E-state index contributed by atoms with van der Waals surface area (Å²) in [6.45, 7) is 6.25. The van der Waals surface area contributed by atoms with Crippen LogP contribution in [0, 0.1) is 5.92 Å². The number of benzene rings is 1. The normalized spacial score (nSPS) is 18.1. The Hall–Kier alpha value is -2.24. The molecule has 0 saturated carbocycles. The van der Waals surface area contributed by atoms with Crippen LogP contribution in [0.25, 0.3) is 0 Å². The summed E-state index contributed by atoms with van der Waals surface area (Å²) in [4.78, 5) is 25.7. The Balaban J connectivity index is 1.91. The van der Waals surface area contributed by atoms with Gasteiger partial charge in [-0.15, -0.1) is 0 Å². The molecule has 1 aromatic rings. The minimum atomic E-state index is -0.548. The van der Waals surface area contributed by atoms with E-state index in [9.17, 15) is 14.7 Å². The molecule has 0 aromatic heterocycles. The molecule has 6 heteroatoms. The second-order valence-corrected chi connectivity index (χ2v) is 6.42. The van der Waals surface area contributed by atoms with Gasteiger partial charge in [-0.3, -0.25) is 4.79 Å². The molecular weight excluding hydrogens is 284 g/mol. The van der Waals surface area contributed by atoms with Crippen molar-refractivity contribution in [2.24, 2.45) is 5.92 Å². The summed E-state index contributed by atoms with van der Waals surface area (Å²) in [5, 5.41) is 12.4. The maximum absolute atomic E-state index is 12.2. The molecule has 1 heterocycles. The number of hydrogen-bond acceptors (Lipinski definition) is 4. The lowest BCUT2D eigenvalue weighted by molar-refractivity contribution is -0.119. The van der Waals surface area contributed by atoms with E-state index in [1.165, 1.54) is 6.07 Å². The third-order valence-electron chi connectivity index (χ3n) is 3.37. The number of carbonyl (C=O) groups is 2. The summed E-state index contributed by atoms with van der Waals surface area (Å²) in [5.41, 5.74) is -0.170. The molecule has 0 bridgehead atoms. The molecule has 1 aliphatic heterocycles. The van der Waals surface area contributed by atoms with E-state index in [1.54, 1.807) is 23.1 Å². The summed E-state index contributed by atoms with van der Waals surface area (Å²) >= 11 is 0. The zero-order valence-electron chi connectivity index (χ0n) is 13.1. The lowest BCUT2D eigenvalue weighted by Gasteiger charge is -2.24. The smallest absolute Gasteiger partial charge is 0.410 e. The second kappa shape index (κ2) is 6.25. The third kappa shape index (κ3) is 4.13. The Bertz CT molecular complexity index is 566. The van der Waals surface area contributed by atoms with Gasteiger partial charge in [-0.05, 0) is 39.3 Å². The highest BCUT2D eigenvalue weighted by Gasteiger charge is 2.33. The summed E-state index contributed by atoms with van der Waals surface area (Å²) in [6.07, 6.45) is 0.184. The number of ether oxygens (including phenoxy) is 1. The number of anilines is 1. The van der Waals surface area contributed by atoms with Crippen molar-refractivity contribution in [2.75, 3.05) is 18.4 Å². The Morgan fingerprint density at radius 3 is 2.64 bits per heavy atom. The number of phenols is 1. The summed E-state index contributed by atoms with van der Waals surface area (Å²) in [7, 11) is 0. The zero-order valence-corrected chi connectivity index (χ0v) is 13.1. The van der Waals surface area contributed by atoms with Crippen LogP contribution in [0.3, 0.4) is 0 Å². The largest absolute Gasteiger partial charge is 0.506 e. The summed E-state index contributed by atoms with van der Waals surface area (Å²) in [6, 6.07) is 6.56. The highest BCUT2D eigenvalue weighted by Crippen LogP contribution is 2.25. The fourth-order valence-electron chi connectivity index (χ4n) is 2.28. The molecule has 22 heavy (non-hydrogen) atoms. The lowest BCUT2D eigenvalue weighted by Crippen LogP contribution is -2.36. The number of amides is 2. The van der Waals surface area contributed by atoms with Gasteiger partial charge in [0, 0.05) is 13.1 Å². The Morgan fingerprint density at radius 2 is 2.00 bits per heavy atom. The van der Waals surface area contributed by atoms with Gasteiger partial charge in [-0.2, -0.15) is 0 Å². The van der Waals surface area contributed by atoms with Crippen LogP contribution in [-0.4, -0.2) is 40.7 Å². The van der Waals surface area contributed by atoms with E-state index in [4.69, 9.17) is 4.74 Å². The molecule has 1 aromatic carbocycles. The van der Waals surface area contributed by atoms with E-state index in [0.29, 0.717) is 25.2 Å². The molecular formula is C16H22N2O4. The van der Waals surface area contributed by atoms with Crippen LogP contribution >= 0.6 is 0 Å². The monoisotopic (exact) mass is 306 g/mol. The minimum Gasteiger partial charge on any atom is -0.506 e. The zero-order chi connectivity index (χ0) is 16.3. The molecule has 1 aliphatic rings. The molecule has 1 atom stereocenters. The number of nitrogens with one attached hydrogen (secondary N) is 1. The molecule has 2 N–H and O–H groups in total. The van der Waals surface area contributed by atoms with Gasteiger partial charge in [0.2, 0.25) is 5.91 Å². The van der Waals surface area contributed by atoms with E-state index in [1.807, 2.05) is 20.8 Å². The van der Waals surface area contributed by atoms with E-state index < -0.39 is 11.7 Å². The van der Waals surface area contributed by atoms with E-state index in [-0.39, 0.29) is 17.6 Å². The van der Waals surface area contributed by atoms with Crippen molar-refractivity contribution in [3.8, 4) is 5.75 Å². The van der Waals surface area contributed by atoms with Gasteiger partial charge in [-0.25, -0.2) is 4.79 Å². The van der Waals surface area contributed by atoms with Crippen molar-refractivity contribution in [2.45, 2.75) is 32.8 Å². The second-order valence-electron chi connectivity index (χ2n) is 6.42. The van der Waals surface area contributed by atoms with E-state index in [2.05, 4.69) is 5.32 Å². The van der Waals surface area contributed by atoms with Crippen LogP contribution in [0.5, 0.6) is 5.75 Å². The molecule has 1 unspecified atom stereocenters. The van der Waals surface area contributed by atoms with Crippen LogP contribution in [0.15, 0.2) is 24.3 Å². The maximum atomic E-state index is 12.2. The van der Waals surface area contributed by atoms with Crippen molar-refractivity contribution in [3.05, 3.63) is 24.3 Å². The standard InChI is InChI=1S/C16H22N2O4/c1-16(2,3)22-15(21)18-9-8-11(10-18)14(20)17-12-6-4-5-7-13(12)19/h4-7,11,19H,8-10H2,1-3H3,(H,17,20). The Labute approximate surface area is 130 Å². The molecule has 120 valence electrons. The lowest BCUT2D eigenvalue weighted by atomic mass is 10.1. The van der Waals surface area contributed by atoms with Gasteiger partial charge in [0.15, 0.2) is 0 Å². The number of para-hydroxylation sites is 2. The number of hydrogen-bond donors (Lipinski definition) is 2. The first-order chi connectivity index (χ1) is 10.3. The van der Waals surface area contributed by atoms with Gasteiger partial charge < -0.3 is 20.1 Å². The third-order valence-corrected chi connectivity index (χ3v) is 3.37. The van der Waals surface area contributed by atoms with Crippen LogP contribution < -0.4 is 5.32 Å². The quantitative estimate of drug-likeness (QED) is 0.823. The van der Waals surface area contributed by atoms with Crippen LogP contribution in [0.1, 0.15) is 27.2 Å². The highest BCUT2D eigenvalue weighted by atomic mass is 16.6. The van der Waals surface area contributed by atoms with Gasteiger partial charge in [0.1, 0.15) is 11.4 Å². The number of phenolic OH excluding ortho intramolecular Hbond substituents is 1. The predicted molar refractivity (Wildman–Crippen MR) is 82.7 cm³/mol. The number of rotatable bonds is 2. The predicted octanol–water partition coefficient (Wildman–Crippen LogP) is 2.59.